The van der Waals surface area contributed by atoms with E-state index in [4.69, 9.17) is 4.74 Å². The van der Waals surface area contributed by atoms with E-state index in [2.05, 4.69) is 44.8 Å². The summed E-state index contributed by atoms with van der Waals surface area (Å²) in [5, 5.41) is 3.44. The molecule has 0 spiro atoms. The van der Waals surface area contributed by atoms with Gasteiger partial charge in [0, 0.05) is 18.1 Å². The number of hydrogen-bond acceptors (Lipinski definition) is 3. The van der Waals surface area contributed by atoms with Crippen LogP contribution in [0, 0.1) is 5.92 Å². The molecule has 0 saturated carbocycles. The minimum atomic E-state index is 0.179. The van der Waals surface area contributed by atoms with Crippen LogP contribution < -0.4 is 5.32 Å². The normalized spacial score (nSPS) is 25.3. The fourth-order valence-corrected chi connectivity index (χ4v) is 2.48. The Hall–Kier alpha value is -0.120. The van der Waals surface area contributed by atoms with Crippen LogP contribution in [0.3, 0.4) is 0 Å². The van der Waals surface area contributed by atoms with Crippen molar-refractivity contribution in [3.63, 3.8) is 0 Å². The minimum Gasteiger partial charge on any atom is -0.378 e. The molecular formula is C13H28N2O. The molecule has 2 unspecified atom stereocenters. The quantitative estimate of drug-likeness (QED) is 0.775. The zero-order chi connectivity index (χ0) is 12.2. The van der Waals surface area contributed by atoms with Gasteiger partial charge in [0.05, 0.1) is 13.2 Å². The SMILES string of the molecule is CCNCC(C)C(C)N1CCOCC1(C)C. The van der Waals surface area contributed by atoms with Gasteiger partial charge in [-0.2, -0.15) is 0 Å². The lowest BCUT2D eigenvalue weighted by Crippen LogP contribution is -2.58. The molecule has 96 valence electrons. The standard InChI is InChI=1S/C13H28N2O/c1-6-14-9-11(2)12(3)15-7-8-16-10-13(15,4)5/h11-12,14H,6-10H2,1-5H3. The molecule has 1 rings (SSSR count). The predicted octanol–water partition coefficient (Wildman–Crippen LogP) is 1.73. The topological polar surface area (TPSA) is 24.5 Å². The van der Waals surface area contributed by atoms with E-state index in [0.717, 1.165) is 32.8 Å². The largest absolute Gasteiger partial charge is 0.378 e. The molecule has 1 saturated heterocycles. The number of nitrogens with zero attached hydrogens (tertiary/aromatic N) is 1. The monoisotopic (exact) mass is 228 g/mol. The van der Waals surface area contributed by atoms with Crippen molar-refractivity contribution in [2.24, 2.45) is 5.92 Å². The van der Waals surface area contributed by atoms with Crippen molar-refractivity contribution >= 4 is 0 Å². The molecule has 0 aromatic carbocycles. The maximum absolute atomic E-state index is 5.57. The van der Waals surface area contributed by atoms with E-state index in [1.807, 2.05) is 0 Å². The maximum atomic E-state index is 5.57. The van der Waals surface area contributed by atoms with Crippen molar-refractivity contribution in [3.05, 3.63) is 0 Å². The molecule has 0 aliphatic carbocycles. The summed E-state index contributed by atoms with van der Waals surface area (Å²) < 4.78 is 5.57. The van der Waals surface area contributed by atoms with Gasteiger partial charge in [-0.3, -0.25) is 4.90 Å². The average molecular weight is 228 g/mol. The summed E-state index contributed by atoms with van der Waals surface area (Å²) in [7, 11) is 0. The van der Waals surface area contributed by atoms with Gasteiger partial charge >= 0.3 is 0 Å². The van der Waals surface area contributed by atoms with Crippen LogP contribution in [0.5, 0.6) is 0 Å². The van der Waals surface area contributed by atoms with Gasteiger partial charge in [-0.1, -0.05) is 13.8 Å². The highest BCUT2D eigenvalue weighted by Gasteiger charge is 2.35. The molecule has 3 nitrogen and oxygen atoms in total. The summed E-state index contributed by atoms with van der Waals surface area (Å²) >= 11 is 0. The third kappa shape index (κ3) is 3.44. The summed E-state index contributed by atoms with van der Waals surface area (Å²) in [5.74, 6) is 0.678. The first kappa shape index (κ1) is 13.9. The first-order chi connectivity index (χ1) is 7.49. The van der Waals surface area contributed by atoms with Gasteiger partial charge in [-0.05, 0) is 39.8 Å². The third-order valence-corrected chi connectivity index (χ3v) is 3.74. The van der Waals surface area contributed by atoms with Crippen molar-refractivity contribution < 1.29 is 4.74 Å². The number of rotatable bonds is 5. The van der Waals surface area contributed by atoms with Crippen LogP contribution in [-0.4, -0.2) is 49.3 Å². The molecule has 3 heteroatoms. The van der Waals surface area contributed by atoms with Gasteiger partial charge in [-0.25, -0.2) is 0 Å². The van der Waals surface area contributed by atoms with Crippen LogP contribution in [0.25, 0.3) is 0 Å². The van der Waals surface area contributed by atoms with Crippen LogP contribution in [-0.2, 0) is 4.74 Å². The Morgan fingerprint density at radius 3 is 2.62 bits per heavy atom. The zero-order valence-corrected chi connectivity index (χ0v) is 11.5. The smallest absolute Gasteiger partial charge is 0.0645 e. The van der Waals surface area contributed by atoms with Crippen LogP contribution in [0.2, 0.25) is 0 Å². The van der Waals surface area contributed by atoms with Crippen LogP contribution in [0.1, 0.15) is 34.6 Å². The lowest BCUT2D eigenvalue weighted by atomic mass is 9.94. The van der Waals surface area contributed by atoms with Crippen LogP contribution in [0.4, 0.5) is 0 Å². The average Bonchev–Trinajstić information content (AvgIpc) is 2.24. The highest BCUT2D eigenvalue weighted by molar-refractivity contribution is 4.89. The number of nitrogens with one attached hydrogen (secondary N) is 1. The zero-order valence-electron chi connectivity index (χ0n) is 11.5. The summed E-state index contributed by atoms with van der Waals surface area (Å²) in [6.45, 7) is 16.3. The fourth-order valence-electron chi connectivity index (χ4n) is 2.48. The Morgan fingerprint density at radius 1 is 1.38 bits per heavy atom. The second kappa shape index (κ2) is 5.99. The Labute approximate surface area is 101 Å². The molecular weight excluding hydrogens is 200 g/mol. The maximum Gasteiger partial charge on any atom is 0.0645 e. The van der Waals surface area contributed by atoms with E-state index in [-0.39, 0.29) is 5.54 Å². The van der Waals surface area contributed by atoms with Crippen molar-refractivity contribution in [3.8, 4) is 0 Å². The fraction of sp³-hybridized carbons (Fsp3) is 1.00. The lowest BCUT2D eigenvalue weighted by Gasteiger charge is -2.47. The van der Waals surface area contributed by atoms with Gasteiger partial charge in [0.1, 0.15) is 0 Å². The van der Waals surface area contributed by atoms with Gasteiger partial charge in [-0.15, -0.1) is 0 Å². The van der Waals surface area contributed by atoms with Gasteiger partial charge < -0.3 is 10.1 Å². The van der Waals surface area contributed by atoms with Crippen LogP contribution in [0.15, 0.2) is 0 Å². The van der Waals surface area contributed by atoms with Crippen molar-refractivity contribution in [1.29, 1.82) is 0 Å². The Kier molecular flexibility index (Phi) is 5.22. The number of ether oxygens (including phenoxy) is 1. The van der Waals surface area contributed by atoms with E-state index in [1.54, 1.807) is 0 Å². The van der Waals surface area contributed by atoms with Crippen LogP contribution >= 0.6 is 0 Å². The first-order valence-corrected chi connectivity index (χ1v) is 6.54. The number of hydrogen-bond donors (Lipinski definition) is 1. The summed E-state index contributed by atoms with van der Waals surface area (Å²) in [5.41, 5.74) is 0.179. The highest BCUT2D eigenvalue weighted by Crippen LogP contribution is 2.24. The van der Waals surface area contributed by atoms with E-state index >= 15 is 0 Å². The Bertz CT molecular complexity index is 206. The molecule has 0 amide bonds. The Balaban J connectivity index is 2.53. The predicted molar refractivity (Wildman–Crippen MR) is 68.8 cm³/mol. The molecule has 2 atom stereocenters. The van der Waals surface area contributed by atoms with E-state index in [0.29, 0.717) is 12.0 Å². The lowest BCUT2D eigenvalue weighted by molar-refractivity contribution is -0.0775. The molecule has 1 heterocycles. The molecule has 1 aliphatic heterocycles. The molecule has 0 aromatic heterocycles. The summed E-state index contributed by atoms with van der Waals surface area (Å²) in [6, 6.07) is 0.609. The minimum absolute atomic E-state index is 0.179. The molecule has 0 radical (unpaired) electrons. The summed E-state index contributed by atoms with van der Waals surface area (Å²) in [4.78, 5) is 2.60. The van der Waals surface area contributed by atoms with Gasteiger partial charge in [0.2, 0.25) is 0 Å². The number of morpholine rings is 1. The van der Waals surface area contributed by atoms with Gasteiger partial charge in [0.15, 0.2) is 0 Å². The second-order valence-electron chi connectivity index (χ2n) is 5.58. The molecule has 1 fully saturated rings. The van der Waals surface area contributed by atoms with E-state index in [9.17, 15) is 0 Å². The van der Waals surface area contributed by atoms with Crippen molar-refractivity contribution in [2.45, 2.75) is 46.2 Å². The second-order valence-corrected chi connectivity index (χ2v) is 5.58. The highest BCUT2D eigenvalue weighted by atomic mass is 16.5. The molecule has 0 aromatic rings. The van der Waals surface area contributed by atoms with E-state index < -0.39 is 0 Å². The van der Waals surface area contributed by atoms with E-state index in [1.165, 1.54) is 0 Å². The summed E-state index contributed by atoms with van der Waals surface area (Å²) in [6.07, 6.45) is 0. The Morgan fingerprint density at radius 2 is 2.06 bits per heavy atom. The molecule has 1 N–H and O–H groups in total. The first-order valence-electron chi connectivity index (χ1n) is 6.54. The third-order valence-electron chi connectivity index (χ3n) is 3.74. The molecule has 0 bridgehead atoms. The van der Waals surface area contributed by atoms with Crippen molar-refractivity contribution in [1.82, 2.24) is 10.2 Å². The van der Waals surface area contributed by atoms with Gasteiger partial charge in [0.25, 0.3) is 0 Å². The molecule has 16 heavy (non-hydrogen) atoms. The van der Waals surface area contributed by atoms with Crippen molar-refractivity contribution in [2.75, 3.05) is 32.8 Å². The molecule has 1 aliphatic rings.